The van der Waals surface area contributed by atoms with Gasteiger partial charge in [0.15, 0.2) is 0 Å². The molecule has 0 fully saturated rings. The van der Waals surface area contributed by atoms with E-state index in [2.05, 4.69) is 19.6 Å². The minimum Gasteiger partial charge on any atom is -0.462 e. The van der Waals surface area contributed by atoms with Gasteiger partial charge in [-0.15, -0.1) is 0 Å². The van der Waals surface area contributed by atoms with Crippen LogP contribution in [0.15, 0.2) is 24.3 Å². The molecule has 0 atom stereocenters. The average molecular weight is 299 g/mol. The Kier molecular flexibility index (Phi) is 5.75. The average Bonchev–Trinajstić information content (AvgIpc) is 2.27. The number of hydrogen-bond acceptors (Lipinski definition) is 3. The second kappa shape index (κ2) is 6.87. The Balaban J connectivity index is 2.51. The van der Waals surface area contributed by atoms with Gasteiger partial charge < -0.3 is 4.74 Å². The molecule has 19 heavy (non-hydrogen) atoms. The van der Waals surface area contributed by atoms with Crippen LogP contribution in [0.3, 0.4) is 0 Å². The monoisotopic (exact) mass is 298 g/mol. The molecule has 0 aliphatic carbocycles. The van der Waals surface area contributed by atoms with Gasteiger partial charge in [0.2, 0.25) is 5.24 Å². The fraction of sp³-hybridized carbons (Fsp3) is 0.429. The number of carbonyl (C=O) groups excluding carboxylic acids is 2. The molecule has 3 nitrogen and oxygen atoms in total. The predicted octanol–water partition coefficient (Wildman–Crippen LogP) is 3.49. The zero-order valence-corrected chi connectivity index (χ0v) is 13.3. The van der Waals surface area contributed by atoms with Crippen LogP contribution < -0.4 is 0 Å². The molecule has 1 aromatic rings. The lowest BCUT2D eigenvalue weighted by Crippen LogP contribution is -2.22. The first-order valence-corrected chi connectivity index (χ1v) is 10.3. The Hall–Kier alpha value is -1.13. The van der Waals surface area contributed by atoms with Gasteiger partial charge in [0, 0.05) is 14.5 Å². The topological polar surface area (TPSA) is 43.4 Å². The third-order valence-electron chi connectivity index (χ3n) is 2.62. The number of halogens is 1. The summed E-state index contributed by atoms with van der Waals surface area (Å²) in [4.78, 5) is 22.5. The van der Waals surface area contributed by atoms with Crippen molar-refractivity contribution in [1.29, 1.82) is 0 Å². The van der Waals surface area contributed by atoms with Gasteiger partial charge in [0.1, 0.15) is 0 Å². The molecule has 0 amide bonds. The predicted molar refractivity (Wildman–Crippen MR) is 79.4 cm³/mol. The van der Waals surface area contributed by atoms with Crippen molar-refractivity contribution in [2.75, 3.05) is 6.61 Å². The van der Waals surface area contributed by atoms with Crippen LogP contribution in [-0.2, 0) is 16.0 Å². The van der Waals surface area contributed by atoms with Crippen LogP contribution in [0, 0.1) is 0 Å². The van der Waals surface area contributed by atoms with Gasteiger partial charge >= 0.3 is 5.97 Å². The molecule has 0 saturated heterocycles. The first-order chi connectivity index (χ1) is 8.78. The van der Waals surface area contributed by atoms with Crippen molar-refractivity contribution in [3.63, 3.8) is 0 Å². The highest BCUT2D eigenvalue weighted by Crippen LogP contribution is 2.11. The second-order valence-corrected chi connectivity index (χ2v) is 11.7. The van der Waals surface area contributed by atoms with Crippen molar-refractivity contribution < 1.29 is 14.3 Å². The van der Waals surface area contributed by atoms with Crippen molar-refractivity contribution in [3.05, 3.63) is 35.4 Å². The molecule has 1 rings (SSSR count). The first-order valence-electron chi connectivity index (χ1n) is 6.22. The van der Waals surface area contributed by atoms with Gasteiger partial charge in [-0.25, -0.2) is 4.79 Å². The van der Waals surface area contributed by atoms with Crippen molar-refractivity contribution in [2.24, 2.45) is 0 Å². The molecule has 0 bridgehead atoms. The fourth-order valence-electron chi connectivity index (χ4n) is 1.45. The van der Waals surface area contributed by atoms with E-state index in [0.29, 0.717) is 12.2 Å². The maximum absolute atomic E-state index is 11.8. The minimum absolute atomic E-state index is 0.173. The Morgan fingerprint density at radius 1 is 1.16 bits per heavy atom. The van der Waals surface area contributed by atoms with Gasteiger partial charge in [-0.1, -0.05) is 31.8 Å². The quantitative estimate of drug-likeness (QED) is 0.459. The molecule has 0 aromatic heterocycles. The molecule has 5 heteroatoms. The maximum atomic E-state index is 11.8. The Morgan fingerprint density at radius 2 is 1.74 bits per heavy atom. The van der Waals surface area contributed by atoms with E-state index in [1.54, 1.807) is 24.3 Å². The van der Waals surface area contributed by atoms with E-state index in [-0.39, 0.29) is 12.4 Å². The van der Waals surface area contributed by atoms with Crippen LogP contribution in [-0.4, -0.2) is 25.9 Å². The number of hydrogen-bond donors (Lipinski definition) is 0. The summed E-state index contributed by atoms with van der Waals surface area (Å²) in [6.07, 6.45) is 0.173. The standard InChI is InChI=1S/C14H19ClO3Si/c1-19(2,3)9-8-18-14(17)12-6-4-11(5-7-12)10-13(15)16/h4-7H,8-10H2,1-3H3. The number of rotatable bonds is 6. The summed E-state index contributed by atoms with van der Waals surface area (Å²) in [6.45, 7) is 7.17. The molecule has 0 unspecified atom stereocenters. The van der Waals surface area contributed by atoms with Crippen molar-refractivity contribution in [3.8, 4) is 0 Å². The summed E-state index contributed by atoms with van der Waals surface area (Å²) < 4.78 is 5.23. The van der Waals surface area contributed by atoms with Gasteiger partial charge in [0.05, 0.1) is 12.2 Å². The van der Waals surface area contributed by atoms with Crippen LogP contribution >= 0.6 is 11.6 Å². The van der Waals surface area contributed by atoms with Gasteiger partial charge in [-0.05, 0) is 35.3 Å². The fourth-order valence-corrected chi connectivity index (χ4v) is 2.32. The molecule has 0 heterocycles. The van der Waals surface area contributed by atoms with Gasteiger partial charge in [-0.3, -0.25) is 4.79 Å². The molecule has 0 aliphatic heterocycles. The van der Waals surface area contributed by atoms with Crippen LogP contribution in [0.2, 0.25) is 25.7 Å². The van der Waals surface area contributed by atoms with Crippen molar-refractivity contribution in [2.45, 2.75) is 32.1 Å². The highest BCUT2D eigenvalue weighted by atomic mass is 35.5. The Morgan fingerprint density at radius 3 is 2.21 bits per heavy atom. The summed E-state index contributed by atoms with van der Waals surface area (Å²) in [6, 6.07) is 7.71. The second-order valence-electron chi connectivity index (χ2n) is 5.68. The largest absolute Gasteiger partial charge is 0.462 e. The summed E-state index contributed by atoms with van der Waals surface area (Å²) in [5.74, 6) is -0.318. The Labute approximate surface area is 119 Å². The van der Waals surface area contributed by atoms with Crippen molar-refractivity contribution >= 4 is 30.9 Å². The molecule has 0 N–H and O–H groups in total. The van der Waals surface area contributed by atoms with Crippen LogP contribution in [0.4, 0.5) is 0 Å². The number of ether oxygens (including phenoxy) is 1. The van der Waals surface area contributed by atoms with Gasteiger partial charge in [0.25, 0.3) is 0 Å². The van der Waals surface area contributed by atoms with Crippen LogP contribution in [0.25, 0.3) is 0 Å². The lowest BCUT2D eigenvalue weighted by Gasteiger charge is -2.15. The van der Waals surface area contributed by atoms with Crippen molar-refractivity contribution in [1.82, 2.24) is 0 Å². The first kappa shape index (κ1) is 15.9. The third-order valence-corrected chi connectivity index (χ3v) is 4.46. The molecular weight excluding hydrogens is 280 g/mol. The highest BCUT2D eigenvalue weighted by molar-refractivity contribution is 6.76. The Bertz CT molecular complexity index is 449. The summed E-state index contributed by atoms with van der Waals surface area (Å²) >= 11 is 5.30. The zero-order valence-electron chi connectivity index (χ0n) is 11.5. The van der Waals surface area contributed by atoms with Gasteiger partial charge in [-0.2, -0.15) is 0 Å². The van der Waals surface area contributed by atoms with E-state index in [4.69, 9.17) is 16.3 Å². The van der Waals surface area contributed by atoms with Crippen LogP contribution in [0.5, 0.6) is 0 Å². The maximum Gasteiger partial charge on any atom is 0.338 e. The molecule has 0 saturated carbocycles. The molecule has 104 valence electrons. The lowest BCUT2D eigenvalue weighted by atomic mass is 10.1. The van der Waals surface area contributed by atoms with E-state index in [9.17, 15) is 9.59 Å². The molecule has 0 spiro atoms. The molecule has 0 radical (unpaired) electrons. The number of esters is 1. The third kappa shape index (κ3) is 6.54. The number of carbonyl (C=O) groups is 2. The van der Waals surface area contributed by atoms with E-state index < -0.39 is 13.3 Å². The molecular formula is C14H19ClO3Si. The molecule has 1 aromatic carbocycles. The SMILES string of the molecule is C[Si](C)(C)CCOC(=O)c1ccc(CC(=O)Cl)cc1. The van der Waals surface area contributed by atoms with E-state index >= 15 is 0 Å². The van der Waals surface area contributed by atoms with E-state index in [1.165, 1.54) is 0 Å². The van der Waals surface area contributed by atoms with E-state index in [1.807, 2.05) is 0 Å². The smallest absolute Gasteiger partial charge is 0.338 e. The highest BCUT2D eigenvalue weighted by Gasteiger charge is 2.14. The van der Waals surface area contributed by atoms with E-state index in [0.717, 1.165) is 11.6 Å². The zero-order chi connectivity index (χ0) is 14.5. The molecule has 0 aliphatic rings. The summed E-state index contributed by atoms with van der Waals surface area (Å²) in [7, 11) is -1.18. The summed E-state index contributed by atoms with van der Waals surface area (Å²) in [5.41, 5.74) is 1.29. The summed E-state index contributed by atoms with van der Waals surface area (Å²) in [5, 5.41) is -0.412. The minimum atomic E-state index is -1.18. The van der Waals surface area contributed by atoms with Crippen LogP contribution in [0.1, 0.15) is 15.9 Å². The normalized spacial score (nSPS) is 11.2. The lowest BCUT2D eigenvalue weighted by molar-refractivity contribution is -0.111. The number of benzene rings is 1.